The number of carbonyl (C=O) groups excluding carboxylic acids is 1. The van der Waals surface area contributed by atoms with Crippen molar-refractivity contribution in [1.82, 2.24) is 0 Å². The monoisotopic (exact) mass is 290 g/mol. The molecule has 1 rings (SSSR count). The largest absolute Gasteiger partial charge is 0.397 e. The molecule has 18 heavy (non-hydrogen) atoms. The van der Waals surface area contributed by atoms with Gasteiger partial charge < -0.3 is 15.8 Å². The van der Waals surface area contributed by atoms with Crippen molar-refractivity contribution >= 4 is 39.7 Å². The highest BCUT2D eigenvalue weighted by Crippen LogP contribution is 2.22. The third kappa shape index (κ3) is 5.03. The molecule has 3 N–H and O–H groups in total. The summed E-state index contributed by atoms with van der Waals surface area (Å²) < 4.78 is 16.2. The molecule has 0 saturated heterocycles. The highest BCUT2D eigenvalue weighted by molar-refractivity contribution is 7.85. The minimum absolute atomic E-state index is 0.0636. The van der Waals surface area contributed by atoms with E-state index >= 15 is 0 Å². The second-order valence-electron chi connectivity index (χ2n) is 3.57. The predicted octanol–water partition coefficient (Wildman–Crippen LogP) is 1.26. The van der Waals surface area contributed by atoms with Gasteiger partial charge in [-0.25, -0.2) is 0 Å². The highest BCUT2D eigenvalue weighted by Gasteiger charge is 2.08. The second kappa shape index (κ2) is 7.35. The molecule has 1 atom stereocenters. The number of halogens is 1. The molecule has 7 heteroatoms. The first kappa shape index (κ1) is 14.9. The first-order valence-electron chi connectivity index (χ1n) is 5.21. The number of nitrogens with one attached hydrogen (secondary N) is 1. The number of anilines is 2. The zero-order chi connectivity index (χ0) is 13.5. The average Bonchev–Trinajstić information content (AvgIpc) is 2.31. The minimum atomic E-state index is -1.23. The van der Waals surface area contributed by atoms with Crippen LogP contribution in [-0.2, 0) is 20.3 Å². The summed E-state index contributed by atoms with van der Waals surface area (Å²) in [4.78, 5) is 11.6. The first-order valence-corrected chi connectivity index (χ1v) is 7.08. The third-order valence-corrected chi connectivity index (χ3v) is 3.64. The Balaban J connectivity index is 2.49. The summed E-state index contributed by atoms with van der Waals surface area (Å²) in [6.45, 7) is 0.369. The van der Waals surface area contributed by atoms with Crippen molar-refractivity contribution in [1.29, 1.82) is 0 Å². The Morgan fingerprint density at radius 3 is 2.89 bits per heavy atom. The van der Waals surface area contributed by atoms with Crippen LogP contribution in [0, 0.1) is 0 Å². The lowest BCUT2D eigenvalue weighted by Crippen LogP contribution is -2.22. The quantitative estimate of drug-likeness (QED) is 0.773. The van der Waals surface area contributed by atoms with Crippen molar-refractivity contribution in [3.63, 3.8) is 0 Å². The minimum Gasteiger partial charge on any atom is -0.397 e. The van der Waals surface area contributed by atoms with Crippen LogP contribution in [0.5, 0.6) is 0 Å². The summed E-state index contributed by atoms with van der Waals surface area (Å²) in [5.74, 6) is -0.0513. The second-order valence-corrected chi connectivity index (χ2v) is 5.55. The van der Waals surface area contributed by atoms with Gasteiger partial charge in [-0.2, -0.15) is 0 Å². The van der Waals surface area contributed by atoms with Crippen LogP contribution < -0.4 is 11.1 Å². The summed E-state index contributed by atoms with van der Waals surface area (Å²) in [6, 6.07) is 4.78. The Hall–Kier alpha value is -1.11. The van der Waals surface area contributed by atoms with E-state index in [4.69, 9.17) is 22.1 Å². The number of nitrogen functional groups attached to an aromatic ring is 1. The molecular formula is C11H15ClN2O3S. The topological polar surface area (TPSA) is 81.4 Å². The number of methoxy groups -OCH3 is 1. The van der Waals surface area contributed by atoms with Crippen molar-refractivity contribution in [2.75, 3.05) is 36.3 Å². The number of carbonyl (C=O) groups is 1. The van der Waals surface area contributed by atoms with E-state index in [1.165, 1.54) is 7.11 Å². The smallest absolute Gasteiger partial charge is 0.236 e. The number of hydrogen-bond acceptors (Lipinski definition) is 4. The van der Waals surface area contributed by atoms with Gasteiger partial charge in [-0.1, -0.05) is 11.6 Å². The molecule has 0 aliphatic heterocycles. The molecule has 0 aliphatic carbocycles. The molecule has 0 spiro atoms. The van der Waals surface area contributed by atoms with Gasteiger partial charge in [0.25, 0.3) is 0 Å². The maximum Gasteiger partial charge on any atom is 0.236 e. The summed E-state index contributed by atoms with van der Waals surface area (Å²) in [5.41, 5.74) is 6.52. The summed E-state index contributed by atoms with van der Waals surface area (Å²) in [7, 11) is 0.294. The van der Waals surface area contributed by atoms with E-state index < -0.39 is 10.8 Å². The van der Waals surface area contributed by atoms with Gasteiger partial charge in [-0.3, -0.25) is 9.00 Å². The Bertz CT molecular complexity index is 454. The van der Waals surface area contributed by atoms with E-state index in [2.05, 4.69) is 5.32 Å². The number of rotatable bonds is 6. The number of amides is 1. The first-order chi connectivity index (χ1) is 8.52. The van der Waals surface area contributed by atoms with Crippen LogP contribution >= 0.6 is 11.6 Å². The molecule has 0 aromatic heterocycles. The molecule has 0 radical (unpaired) electrons. The predicted molar refractivity (Wildman–Crippen MR) is 74.2 cm³/mol. The van der Waals surface area contributed by atoms with E-state index in [0.717, 1.165) is 0 Å². The van der Waals surface area contributed by atoms with E-state index in [9.17, 15) is 9.00 Å². The fourth-order valence-corrected chi connectivity index (χ4v) is 2.19. The lowest BCUT2D eigenvalue weighted by atomic mass is 10.3. The molecule has 1 aromatic rings. The van der Waals surface area contributed by atoms with Gasteiger partial charge in [-0.15, -0.1) is 0 Å². The molecule has 0 heterocycles. The van der Waals surface area contributed by atoms with Crippen molar-refractivity contribution in [2.45, 2.75) is 0 Å². The van der Waals surface area contributed by atoms with Crippen molar-refractivity contribution in [2.24, 2.45) is 0 Å². The fraction of sp³-hybridized carbons (Fsp3) is 0.364. The number of ether oxygens (including phenoxy) is 1. The summed E-state index contributed by atoms with van der Waals surface area (Å²) >= 11 is 5.76. The van der Waals surface area contributed by atoms with Gasteiger partial charge in [-0.05, 0) is 18.2 Å². The standard InChI is InChI=1S/C11H15ClN2O3S/c1-17-4-5-18(16)7-11(15)14-8-2-3-9(12)10(13)6-8/h2-3,6H,4-5,7,13H2,1H3,(H,14,15). The Morgan fingerprint density at radius 1 is 1.56 bits per heavy atom. The van der Waals surface area contributed by atoms with Crippen molar-refractivity contribution in [3.05, 3.63) is 23.2 Å². The van der Waals surface area contributed by atoms with Gasteiger partial charge in [0, 0.05) is 29.3 Å². The molecule has 0 fully saturated rings. The zero-order valence-electron chi connectivity index (χ0n) is 9.94. The van der Waals surface area contributed by atoms with Crippen LogP contribution in [0.15, 0.2) is 18.2 Å². The molecule has 1 unspecified atom stereocenters. The highest BCUT2D eigenvalue weighted by atomic mass is 35.5. The van der Waals surface area contributed by atoms with Crippen LogP contribution in [0.1, 0.15) is 0 Å². The normalized spacial score (nSPS) is 12.1. The molecule has 1 amide bonds. The van der Waals surface area contributed by atoms with E-state index in [1.54, 1.807) is 18.2 Å². The van der Waals surface area contributed by atoms with Crippen LogP contribution in [0.2, 0.25) is 5.02 Å². The lowest BCUT2D eigenvalue weighted by Gasteiger charge is -2.06. The molecule has 1 aromatic carbocycles. The van der Waals surface area contributed by atoms with E-state index in [1.807, 2.05) is 0 Å². The zero-order valence-corrected chi connectivity index (χ0v) is 11.5. The number of benzene rings is 1. The van der Waals surface area contributed by atoms with Crippen molar-refractivity contribution in [3.8, 4) is 0 Å². The average molecular weight is 291 g/mol. The Kier molecular flexibility index (Phi) is 6.11. The molecule has 100 valence electrons. The van der Waals surface area contributed by atoms with Gasteiger partial charge in [0.2, 0.25) is 5.91 Å². The molecule has 0 aliphatic rings. The Morgan fingerprint density at radius 2 is 2.28 bits per heavy atom. The maximum atomic E-state index is 11.6. The van der Waals surface area contributed by atoms with Gasteiger partial charge in [0.05, 0.1) is 17.3 Å². The summed E-state index contributed by atoms with van der Waals surface area (Å²) in [6.07, 6.45) is 0. The van der Waals surface area contributed by atoms with Crippen LogP contribution in [0.25, 0.3) is 0 Å². The fourth-order valence-electron chi connectivity index (χ4n) is 1.21. The lowest BCUT2D eigenvalue weighted by molar-refractivity contribution is -0.113. The third-order valence-electron chi connectivity index (χ3n) is 2.09. The van der Waals surface area contributed by atoms with Gasteiger partial charge in [0.15, 0.2) is 0 Å². The van der Waals surface area contributed by atoms with Crippen LogP contribution in [-0.4, -0.2) is 35.3 Å². The summed E-state index contributed by atoms with van der Waals surface area (Å²) in [5, 5.41) is 3.03. The molecule has 0 bridgehead atoms. The maximum absolute atomic E-state index is 11.6. The van der Waals surface area contributed by atoms with E-state index in [0.29, 0.717) is 28.8 Å². The van der Waals surface area contributed by atoms with Crippen LogP contribution in [0.4, 0.5) is 11.4 Å². The van der Waals surface area contributed by atoms with E-state index in [-0.39, 0.29) is 11.7 Å². The number of nitrogens with two attached hydrogens (primary N) is 1. The Labute approximate surface area is 113 Å². The van der Waals surface area contributed by atoms with Crippen LogP contribution in [0.3, 0.4) is 0 Å². The van der Waals surface area contributed by atoms with Gasteiger partial charge >= 0.3 is 0 Å². The SMILES string of the molecule is COCCS(=O)CC(=O)Nc1ccc(Cl)c(N)c1. The molecule has 5 nitrogen and oxygen atoms in total. The van der Waals surface area contributed by atoms with Crippen molar-refractivity contribution < 1.29 is 13.7 Å². The van der Waals surface area contributed by atoms with Gasteiger partial charge in [0.1, 0.15) is 5.75 Å². The number of hydrogen-bond donors (Lipinski definition) is 2. The molecular weight excluding hydrogens is 276 g/mol. The molecule has 0 saturated carbocycles.